The van der Waals surface area contributed by atoms with Crippen LogP contribution in [-0.4, -0.2) is 0 Å². The molecule has 0 amide bonds. The fourth-order valence-electron chi connectivity index (χ4n) is 1.07. The molecule has 0 aliphatic heterocycles. The van der Waals surface area contributed by atoms with Crippen LogP contribution in [0.15, 0.2) is 24.8 Å². The van der Waals surface area contributed by atoms with E-state index in [0.717, 1.165) is 19.3 Å². The number of hydrogen-bond acceptors (Lipinski definition) is 0. The maximum atomic E-state index is 3.79. The van der Waals surface area contributed by atoms with Crippen molar-refractivity contribution < 1.29 is 0 Å². The second-order valence-corrected chi connectivity index (χ2v) is 2.93. The highest BCUT2D eigenvalue weighted by Gasteiger charge is 1.98. The van der Waals surface area contributed by atoms with Gasteiger partial charge in [0.15, 0.2) is 0 Å². The van der Waals surface area contributed by atoms with E-state index in [2.05, 4.69) is 39.0 Å². The molecule has 0 rings (SSSR count). The van der Waals surface area contributed by atoms with Crippen molar-refractivity contribution in [2.45, 2.75) is 32.6 Å². The maximum Gasteiger partial charge on any atom is -0.0202 e. The monoisotopic (exact) mass is 164 g/mol. The van der Waals surface area contributed by atoms with E-state index in [4.69, 9.17) is 0 Å². The summed E-state index contributed by atoms with van der Waals surface area (Å²) < 4.78 is 0. The Balaban J connectivity index is 3.57. The molecule has 0 N–H and O–H groups in total. The van der Waals surface area contributed by atoms with E-state index in [1.54, 1.807) is 0 Å². The largest absolute Gasteiger partial charge is 0.103 e. The Bertz CT molecular complexity index is 122. The third-order valence-electron chi connectivity index (χ3n) is 1.89. The van der Waals surface area contributed by atoms with Gasteiger partial charge in [0.1, 0.15) is 0 Å². The lowest BCUT2D eigenvalue weighted by molar-refractivity contribution is 0.675. The molecule has 0 aliphatic carbocycles. The number of allylic oxidation sites excluding steroid dienone is 3. The van der Waals surface area contributed by atoms with Gasteiger partial charge in [-0.2, -0.15) is 0 Å². The molecule has 0 heterocycles. The van der Waals surface area contributed by atoms with Gasteiger partial charge in [0.05, 0.1) is 0 Å². The van der Waals surface area contributed by atoms with Crippen molar-refractivity contribution >= 4 is 0 Å². The highest BCUT2D eigenvalue weighted by atomic mass is 14.0. The van der Waals surface area contributed by atoms with Crippen molar-refractivity contribution in [2.75, 3.05) is 0 Å². The fraction of sp³-hybridized carbons (Fsp3) is 0.500. The molecular formula is C12H20. The van der Waals surface area contributed by atoms with E-state index in [0.29, 0.717) is 5.92 Å². The summed E-state index contributed by atoms with van der Waals surface area (Å²) in [7, 11) is 0. The van der Waals surface area contributed by atoms with Crippen LogP contribution in [0.3, 0.4) is 0 Å². The lowest BCUT2D eigenvalue weighted by Crippen LogP contribution is -1.93. The molecule has 0 saturated carbocycles. The zero-order valence-electron chi connectivity index (χ0n) is 8.13. The number of rotatable bonds is 7. The number of unbranched alkanes of at least 4 members (excludes halogenated alkanes) is 1. The molecule has 0 aromatic heterocycles. The molecular weight excluding hydrogens is 144 g/mol. The van der Waals surface area contributed by atoms with E-state index in [9.17, 15) is 0 Å². The molecule has 0 aliphatic rings. The van der Waals surface area contributed by atoms with Gasteiger partial charge in [-0.05, 0) is 38.0 Å². The summed E-state index contributed by atoms with van der Waals surface area (Å²) in [6.45, 7) is 9.62. The predicted octanol–water partition coefficient (Wildman–Crippen LogP) is 3.96. The summed E-state index contributed by atoms with van der Waals surface area (Å²) in [5.41, 5.74) is 0. The van der Waals surface area contributed by atoms with Crippen LogP contribution in [0.2, 0.25) is 0 Å². The van der Waals surface area contributed by atoms with Crippen molar-refractivity contribution in [1.82, 2.24) is 0 Å². The molecule has 12 heavy (non-hydrogen) atoms. The zero-order chi connectivity index (χ0) is 9.23. The second-order valence-electron chi connectivity index (χ2n) is 2.93. The molecule has 68 valence electrons. The van der Waals surface area contributed by atoms with Gasteiger partial charge in [0.25, 0.3) is 0 Å². The van der Waals surface area contributed by atoms with Crippen LogP contribution < -0.4 is 0 Å². The number of hydrogen-bond donors (Lipinski definition) is 0. The van der Waals surface area contributed by atoms with Gasteiger partial charge in [0, 0.05) is 0 Å². The fourth-order valence-corrected chi connectivity index (χ4v) is 1.07. The SMILES string of the molecule is [CH2]CCC=CC([CH]C)CCC=C. The van der Waals surface area contributed by atoms with Gasteiger partial charge in [-0.3, -0.25) is 0 Å². The van der Waals surface area contributed by atoms with Crippen LogP contribution >= 0.6 is 0 Å². The van der Waals surface area contributed by atoms with Gasteiger partial charge in [-0.1, -0.05) is 32.1 Å². The summed E-state index contributed by atoms with van der Waals surface area (Å²) in [5.74, 6) is 0.620. The Morgan fingerprint density at radius 3 is 2.58 bits per heavy atom. The summed E-state index contributed by atoms with van der Waals surface area (Å²) in [6, 6.07) is 0. The molecule has 0 aromatic carbocycles. The van der Waals surface area contributed by atoms with E-state index in [-0.39, 0.29) is 0 Å². The first-order valence-corrected chi connectivity index (χ1v) is 4.71. The van der Waals surface area contributed by atoms with Crippen molar-refractivity contribution in [1.29, 1.82) is 0 Å². The Kier molecular flexibility index (Phi) is 8.20. The van der Waals surface area contributed by atoms with Gasteiger partial charge in [0.2, 0.25) is 0 Å². The van der Waals surface area contributed by atoms with Crippen molar-refractivity contribution in [3.63, 3.8) is 0 Å². The van der Waals surface area contributed by atoms with Crippen LogP contribution in [0.25, 0.3) is 0 Å². The van der Waals surface area contributed by atoms with Gasteiger partial charge < -0.3 is 0 Å². The molecule has 0 spiro atoms. The minimum absolute atomic E-state index is 0.620. The minimum Gasteiger partial charge on any atom is -0.103 e. The predicted molar refractivity (Wildman–Crippen MR) is 56.6 cm³/mol. The minimum atomic E-state index is 0.620. The second kappa shape index (κ2) is 8.58. The first kappa shape index (κ1) is 11.5. The standard InChI is InChI=1S/C12H20/c1-4-7-9-11-12(6-3)10-8-5-2/h5-6,9,11-12H,1-2,4,7-8,10H2,3H3. The summed E-state index contributed by atoms with van der Waals surface area (Å²) >= 11 is 0. The first-order valence-electron chi connectivity index (χ1n) is 4.71. The summed E-state index contributed by atoms with van der Waals surface area (Å²) in [5, 5.41) is 0. The van der Waals surface area contributed by atoms with E-state index < -0.39 is 0 Å². The van der Waals surface area contributed by atoms with Crippen molar-refractivity contribution in [3.8, 4) is 0 Å². The molecule has 2 radical (unpaired) electrons. The average Bonchev–Trinajstić information content (AvgIpc) is 2.11. The maximum absolute atomic E-state index is 3.79. The van der Waals surface area contributed by atoms with Gasteiger partial charge >= 0.3 is 0 Å². The Morgan fingerprint density at radius 1 is 1.33 bits per heavy atom. The topological polar surface area (TPSA) is 0 Å². The lowest BCUT2D eigenvalue weighted by atomic mass is 9.99. The first-order chi connectivity index (χ1) is 5.85. The third kappa shape index (κ3) is 6.21. The van der Waals surface area contributed by atoms with Gasteiger partial charge in [-0.25, -0.2) is 0 Å². The molecule has 0 bridgehead atoms. The molecule has 0 heteroatoms. The Morgan fingerprint density at radius 2 is 2.08 bits per heavy atom. The normalized spacial score (nSPS) is 13.5. The van der Waals surface area contributed by atoms with E-state index in [1.807, 2.05) is 6.08 Å². The molecule has 1 unspecified atom stereocenters. The highest BCUT2D eigenvalue weighted by Crippen LogP contribution is 2.12. The van der Waals surface area contributed by atoms with Crippen molar-refractivity contribution in [2.24, 2.45) is 5.92 Å². The van der Waals surface area contributed by atoms with Crippen molar-refractivity contribution in [3.05, 3.63) is 38.2 Å². The zero-order valence-corrected chi connectivity index (χ0v) is 8.13. The smallest absolute Gasteiger partial charge is 0.0202 e. The van der Waals surface area contributed by atoms with E-state index in [1.165, 1.54) is 6.42 Å². The van der Waals surface area contributed by atoms with Crippen LogP contribution in [-0.2, 0) is 0 Å². The molecule has 0 saturated heterocycles. The molecule has 0 nitrogen and oxygen atoms in total. The Hall–Kier alpha value is -0.520. The summed E-state index contributed by atoms with van der Waals surface area (Å²) in [6.07, 6.45) is 13.1. The summed E-state index contributed by atoms with van der Waals surface area (Å²) in [4.78, 5) is 0. The lowest BCUT2D eigenvalue weighted by Gasteiger charge is -2.06. The molecule has 0 aromatic rings. The van der Waals surface area contributed by atoms with Crippen LogP contribution in [0.5, 0.6) is 0 Å². The van der Waals surface area contributed by atoms with Crippen LogP contribution in [0, 0.1) is 19.3 Å². The quantitative estimate of drug-likeness (QED) is 0.499. The van der Waals surface area contributed by atoms with Crippen LogP contribution in [0.1, 0.15) is 32.6 Å². The molecule has 1 atom stereocenters. The van der Waals surface area contributed by atoms with Gasteiger partial charge in [-0.15, -0.1) is 6.58 Å². The Labute approximate surface area is 77.4 Å². The van der Waals surface area contributed by atoms with Crippen LogP contribution in [0.4, 0.5) is 0 Å². The van der Waals surface area contributed by atoms with E-state index >= 15 is 0 Å². The highest BCUT2D eigenvalue weighted by molar-refractivity contribution is 4.94. The molecule has 0 fully saturated rings. The average molecular weight is 164 g/mol. The third-order valence-corrected chi connectivity index (χ3v) is 1.89.